The smallest absolute Gasteiger partial charge is 0.237 e. The molecule has 0 atom stereocenters. The van der Waals surface area contributed by atoms with Crippen LogP contribution in [0.3, 0.4) is 0 Å². The number of anilines is 1. The number of nitrogens with zero attached hydrogens (tertiary/aromatic N) is 3. The number of aryl methyl sites for hydroxylation is 2. The predicted octanol–water partition coefficient (Wildman–Crippen LogP) is 3.79. The maximum Gasteiger partial charge on any atom is 0.237 e. The van der Waals surface area contributed by atoms with Gasteiger partial charge in [-0.05, 0) is 48.2 Å². The predicted molar refractivity (Wildman–Crippen MR) is 83.6 cm³/mol. The molecule has 2 aromatic carbocycles. The molecule has 0 saturated heterocycles. The summed E-state index contributed by atoms with van der Waals surface area (Å²) in [6, 6.07) is 17.4. The topological polar surface area (TPSA) is 72.0 Å². The lowest BCUT2D eigenvalue weighted by Crippen LogP contribution is -1.96. The minimum Gasteiger partial charge on any atom is -0.277 e. The Morgan fingerprint density at radius 2 is 1.52 bits per heavy atom. The monoisotopic (exact) mass is 274 g/mol. The Labute approximate surface area is 124 Å². The van der Waals surface area contributed by atoms with Crippen LogP contribution in [0.2, 0.25) is 0 Å². The van der Waals surface area contributed by atoms with Crippen molar-refractivity contribution >= 4 is 11.4 Å². The van der Waals surface area contributed by atoms with Gasteiger partial charge in [-0.2, -0.15) is 15.6 Å². The zero-order valence-electron chi connectivity index (χ0n) is 11.9. The van der Waals surface area contributed by atoms with Crippen molar-refractivity contribution in [3.05, 3.63) is 53.6 Å². The Kier molecular flexibility index (Phi) is 4.33. The van der Waals surface area contributed by atoms with Gasteiger partial charge in [-0.3, -0.25) is 5.43 Å². The second-order valence-corrected chi connectivity index (χ2v) is 4.67. The number of nitrogens with one attached hydrogen (secondary N) is 1. The summed E-state index contributed by atoms with van der Waals surface area (Å²) >= 11 is 0. The van der Waals surface area contributed by atoms with Gasteiger partial charge in [0.25, 0.3) is 0 Å². The van der Waals surface area contributed by atoms with Gasteiger partial charge in [-0.15, -0.1) is 0 Å². The Balaban J connectivity index is 2.20. The summed E-state index contributed by atoms with van der Waals surface area (Å²) in [5.41, 5.74) is 8.00. The van der Waals surface area contributed by atoms with Crippen LogP contribution in [-0.2, 0) is 0 Å². The fourth-order valence-electron chi connectivity index (χ4n) is 1.85. The van der Waals surface area contributed by atoms with Crippen molar-refractivity contribution in [2.75, 3.05) is 5.43 Å². The summed E-state index contributed by atoms with van der Waals surface area (Å²) in [6.07, 6.45) is 0. The summed E-state index contributed by atoms with van der Waals surface area (Å²) in [6.45, 7) is 4.18. The molecule has 2 rings (SSSR count). The van der Waals surface area contributed by atoms with Crippen LogP contribution in [0.15, 0.2) is 47.6 Å². The highest BCUT2D eigenvalue weighted by atomic mass is 15.3. The molecule has 0 radical (unpaired) electrons. The first-order valence-corrected chi connectivity index (χ1v) is 6.45. The zero-order chi connectivity index (χ0) is 15.2. The third-order valence-electron chi connectivity index (χ3n) is 3.23. The van der Waals surface area contributed by atoms with E-state index in [0.717, 1.165) is 16.8 Å². The van der Waals surface area contributed by atoms with E-state index in [0.29, 0.717) is 0 Å². The van der Waals surface area contributed by atoms with Gasteiger partial charge < -0.3 is 0 Å². The highest BCUT2D eigenvalue weighted by molar-refractivity contribution is 6.10. The van der Waals surface area contributed by atoms with Crippen LogP contribution in [0.4, 0.5) is 5.69 Å². The molecule has 0 aromatic heterocycles. The Morgan fingerprint density at radius 3 is 2.10 bits per heavy atom. The van der Waals surface area contributed by atoms with Crippen LogP contribution in [0.5, 0.6) is 0 Å². The maximum atomic E-state index is 8.60. The van der Waals surface area contributed by atoms with Crippen molar-refractivity contribution in [3.63, 3.8) is 0 Å². The van der Waals surface area contributed by atoms with E-state index >= 15 is 0 Å². The fraction of sp³-hybridized carbons (Fsp3) is 0.118. The van der Waals surface area contributed by atoms with E-state index in [4.69, 9.17) is 10.5 Å². The molecule has 0 aliphatic heterocycles. The van der Waals surface area contributed by atoms with E-state index in [-0.39, 0.29) is 5.71 Å². The van der Waals surface area contributed by atoms with E-state index in [2.05, 4.69) is 42.6 Å². The highest BCUT2D eigenvalue weighted by Crippen LogP contribution is 2.23. The second kappa shape index (κ2) is 6.36. The molecule has 21 heavy (non-hydrogen) atoms. The average molecular weight is 274 g/mol. The molecular weight excluding hydrogens is 260 g/mol. The van der Waals surface area contributed by atoms with E-state index in [1.165, 1.54) is 11.1 Å². The molecule has 0 saturated carbocycles. The van der Waals surface area contributed by atoms with Crippen molar-refractivity contribution in [2.24, 2.45) is 5.10 Å². The van der Waals surface area contributed by atoms with Gasteiger partial charge in [-0.25, -0.2) is 0 Å². The zero-order valence-corrected chi connectivity index (χ0v) is 11.9. The van der Waals surface area contributed by atoms with Crippen molar-refractivity contribution in [1.29, 1.82) is 10.5 Å². The third-order valence-corrected chi connectivity index (χ3v) is 3.23. The van der Waals surface area contributed by atoms with E-state index in [1.54, 1.807) is 12.1 Å². The molecule has 0 aliphatic carbocycles. The van der Waals surface area contributed by atoms with Gasteiger partial charge in [0.2, 0.25) is 5.71 Å². The summed E-state index contributed by atoms with van der Waals surface area (Å²) in [5.74, 6) is 0. The number of hydrogen-bond donors (Lipinski definition) is 1. The van der Waals surface area contributed by atoms with Crippen molar-refractivity contribution in [3.8, 4) is 23.3 Å². The van der Waals surface area contributed by atoms with Gasteiger partial charge in [0, 0.05) is 0 Å². The SMILES string of the molecule is Cc1ccc(-c2ccc(NN=C(C#N)C#N)cc2)cc1C. The largest absolute Gasteiger partial charge is 0.277 e. The molecule has 4 heteroatoms. The van der Waals surface area contributed by atoms with E-state index in [9.17, 15) is 0 Å². The Bertz CT molecular complexity index is 743. The first kappa shape index (κ1) is 14.3. The quantitative estimate of drug-likeness (QED) is 0.683. The van der Waals surface area contributed by atoms with Crippen LogP contribution in [0.1, 0.15) is 11.1 Å². The molecule has 0 spiro atoms. The lowest BCUT2D eigenvalue weighted by atomic mass is 10.0. The number of benzene rings is 2. The molecule has 1 N–H and O–H groups in total. The van der Waals surface area contributed by atoms with Crippen molar-refractivity contribution < 1.29 is 0 Å². The van der Waals surface area contributed by atoms with E-state index < -0.39 is 0 Å². The summed E-state index contributed by atoms with van der Waals surface area (Å²) < 4.78 is 0. The van der Waals surface area contributed by atoms with Crippen LogP contribution in [-0.4, -0.2) is 5.71 Å². The lowest BCUT2D eigenvalue weighted by Gasteiger charge is -2.06. The molecular formula is C17H14N4. The van der Waals surface area contributed by atoms with E-state index in [1.807, 2.05) is 24.3 Å². The number of nitriles is 2. The molecule has 4 nitrogen and oxygen atoms in total. The fourth-order valence-corrected chi connectivity index (χ4v) is 1.85. The second-order valence-electron chi connectivity index (χ2n) is 4.67. The van der Waals surface area contributed by atoms with Gasteiger partial charge in [0.1, 0.15) is 12.1 Å². The molecule has 102 valence electrons. The van der Waals surface area contributed by atoms with Gasteiger partial charge >= 0.3 is 0 Å². The summed E-state index contributed by atoms with van der Waals surface area (Å²) in [5, 5.41) is 20.9. The summed E-state index contributed by atoms with van der Waals surface area (Å²) in [4.78, 5) is 0. The minimum absolute atomic E-state index is 0.201. The first-order valence-electron chi connectivity index (χ1n) is 6.45. The lowest BCUT2D eigenvalue weighted by molar-refractivity contribution is 1.33. The van der Waals surface area contributed by atoms with Crippen molar-refractivity contribution in [2.45, 2.75) is 13.8 Å². The highest BCUT2D eigenvalue weighted by Gasteiger charge is 2.00. The Hall–Kier alpha value is -3.11. The number of rotatable bonds is 3. The summed E-state index contributed by atoms with van der Waals surface area (Å²) in [7, 11) is 0. The average Bonchev–Trinajstić information content (AvgIpc) is 2.52. The molecule has 0 aliphatic rings. The molecule has 0 unspecified atom stereocenters. The normalized spacial score (nSPS) is 9.33. The van der Waals surface area contributed by atoms with Crippen LogP contribution in [0, 0.1) is 36.5 Å². The standard InChI is InChI=1S/C17H14N4/c1-12-3-4-15(9-13(12)2)14-5-7-16(8-6-14)20-21-17(10-18)11-19/h3-9,20H,1-2H3. The van der Waals surface area contributed by atoms with Gasteiger partial charge in [-0.1, -0.05) is 30.3 Å². The van der Waals surface area contributed by atoms with Crippen LogP contribution >= 0.6 is 0 Å². The number of hydrogen-bond acceptors (Lipinski definition) is 4. The number of hydrazone groups is 1. The minimum atomic E-state index is -0.201. The Morgan fingerprint density at radius 1 is 0.905 bits per heavy atom. The maximum absolute atomic E-state index is 8.60. The van der Waals surface area contributed by atoms with Crippen molar-refractivity contribution in [1.82, 2.24) is 0 Å². The van der Waals surface area contributed by atoms with Crippen LogP contribution < -0.4 is 5.43 Å². The third kappa shape index (κ3) is 3.46. The molecule has 0 amide bonds. The molecule has 0 bridgehead atoms. The molecule has 2 aromatic rings. The molecule has 0 fully saturated rings. The first-order chi connectivity index (χ1) is 10.1. The van der Waals surface area contributed by atoms with Gasteiger partial charge in [0.05, 0.1) is 5.69 Å². The van der Waals surface area contributed by atoms with Gasteiger partial charge in [0.15, 0.2) is 0 Å². The van der Waals surface area contributed by atoms with Crippen LogP contribution in [0.25, 0.3) is 11.1 Å². The molecule has 0 heterocycles.